The van der Waals surface area contributed by atoms with Crippen molar-refractivity contribution in [2.24, 2.45) is 4.99 Å². The fourth-order valence-corrected chi connectivity index (χ4v) is 1.64. The van der Waals surface area contributed by atoms with Gasteiger partial charge in [0.05, 0.1) is 0 Å². The summed E-state index contributed by atoms with van der Waals surface area (Å²) in [6.07, 6.45) is 2.66. The molecular formula is C9H11NO4. The number of nitrogens with zero attached hydrogens (tertiary/aromatic N) is 1. The van der Waals surface area contributed by atoms with Crippen molar-refractivity contribution in [3.63, 3.8) is 0 Å². The molecule has 0 spiro atoms. The minimum absolute atomic E-state index is 0.0363. The van der Waals surface area contributed by atoms with Crippen LogP contribution in [0.1, 0.15) is 32.1 Å². The molecule has 5 nitrogen and oxygen atoms in total. The summed E-state index contributed by atoms with van der Waals surface area (Å²) in [5, 5.41) is 8.95. The Kier molecular flexibility index (Phi) is 3.14. The van der Waals surface area contributed by atoms with E-state index in [1.165, 1.54) is 6.08 Å². The molecule has 1 aliphatic carbocycles. The van der Waals surface area contributed by atoms with Crippen LogP contribution >= 0.6 is 0 Å². The predicted molar refractivity (Wildman–Crippen MR) is 46.6 cm³/mol. The Morgan fingerprint density at radius 3 is 2.71 bits per heavy atom. The molecule has 0 aromatic heterocycles. The smallest absolute Gasteiger partial charge is 0.332 e. The normalized spacial score (nSPS) is 27.6. The van der Waals surface area contributed by atoms with Crippen molar-refractivity contribution < 1.29 is 19.5 Å². The van der Waals surface area contributed by atoms with Gasteiger partial charge in [0.2, 0.25) is 6.08 Å². The molecule has 1 N–H and O–H groups in total. The molecule has 1 fully saturated rings. The van der Waals surface area contributed by atoms with Crippen LogP contribution < -0.4 is 0 Å². The van der Waals surface area contributed by atoms with Crippen molar-refractivity contribution in [1.29, 1.82) is 0 Å². The monoisotopic (exact) mass is 197 g/mol. The van der Waals surface area contributed by atoms with E-state index in [0.717, 1.165) is 0 Å². The molecule has 1 aliphatic rings. The maximum atomic E-state index is 11.1. The molecule has 1 saturated carbocycles. The van der Waals surface area contributed by atoms with E-state index in [9.17, 15) is 14.4 Å². The van der Waals surface area contributed by atoms with Crippen LogP contribution in [0.15, 0.2) is 4.99 Å². The van der Waals surface area contributed by atoms with Crippen LogP contribution in [0.2, 0.25) is 0 Å². The number of Topliss-reactive ketones (excluding diaryl/α,β-unsaturated/α-hetero) is 1. The summed E-state index contributed by atoms with van der Waals surface area (Å²) >= 11 is 0. The highest BCUT2D eigenvalue weighted by Gasteiger charge is 2.40. The standard InChI is InChI=1S/C9H11NO4/c11-6-10-9(8(13)14)4-1-2-7(12)3-5-9/h1-5H2,(H,13,14). The molecule has 0 amide bonds. The number of aliphatic carboxylic acids is 1. The van der Waals surface area contributed by atoms with Gasteiger partial charge in [-0.2, -0.15) is 4.99 Å². The van der Waals surface area contributed by atoms with E-state index in [-0.39, 0.29) is 25.0 Å². The van der Waals surface area contributed by atoms with Gasteiger partial charge in [0.15, 0.2) is 5.54 Å². The summed E-state index contributed by atoms with van der Waals surface area (Å²) in [5.41, 5.74) is -1.41. The third-order valence-electron chi connectivity index (χ3n) is 2.52. The lowest BCUT2D eigenvalue weighted by Gasteiger charge is -2.20. The van der Waals surface area contributed by atoms with Gasteiger partial charge in [-0.3, -0.25) is 4.79 Å². The summed E-state index contributed by atoms with van der Waals surface area (Å²) in [7, 11) is 0. The van der Waals surface area contributed by atoms with Crippen LogP contribution in [0, 0.1) is 0 Å². The average Bonchev–Trinajstić information content (AvgIpc) is 2.30. The molecule has 1 unspecified atom stereocenters. The highest BCUT2D eigenvalue weighted by Crippen LogP contribution is 2.29. The number of ketones is 1. The van der Waals surface area contributed by atoms with E-state index >= 15 is 0 Å². The van der Waals surface area contributed by atoms with Crippen LogP contribution in [0.5, 0.6) is 0 Å². The number of aliphatic imine (C=N–C) groups is 1. The van der Waals surface area contributed by atoms with Crippen molar-refractivity contribution in [2.45, 2.75) is 37.6 Å². The number of hydrogen-bond acceptors (Lipinski definition) is 4. The SMILES string of the molecule is O=C=NC1(C(=O)O)CCCC(=O)CC1. The maximum absolute atomic E-state index is 11.1. The molecular weight excluding hydrogens is 186 g/mol. The molecule has 1 atom stereocenters. The second kappa shape index (κ2) is 4.15. The van der Waals surface area contributed by atoms with Gasteiger partial charge in [-0.25, -0.2) is 9.59 Å². The van der Waals surface area contributed by atoms with Crippen molar-refractivity contribution in [3.8, 4) is 0 Å². The van der Waals surface area contributed by atoms with Gasteiger partial charge in [0.1, 0.15) is 5.78 Å². The Morgan fingerprint density at radius 1 is 1.43 bits per heavy atom. The van der Waals surface area contributed by atoms with E-state index in [0.29, 0.717) is 12.8 Å². The lowest BCUT2D eigenvalue weighted by molar-refractivity contribution is -0.143. The minimum atomic E-state index is -1.41. The van der Waals surface area contributed by atoms with Gasteiger partial charge < -0.3 is 5.11 Å². The molecule has 0 bridgehead atoms. The summed E-state index contributed by atoms with van der Waals surface area (Å²) in [5.74, 6) is -1.11. The van der Waals surface area contributed by atoms with Gasteiger partial charge in [0, 0.05) is 12.8 Å². The number of isocyanates is 1. The number of rotatable bonds is 2. The number of carboxylic acids is 1. The highest BCUT2D eigenvalue weighted by atomic mass is 16.4. The van der Waals surface area contributed by atoms with Crippen LogP contribution in [0.3, 0.4) is 0 Å². The second-order valence-corrected chi connectivity index (χ2v) is 3.43. The van der Waals surface area contributed by atoms with Gasteiger partial charge >= 0.3 is 5.97 Å². The average molecular weight is 197 g/mol. The molecule has 0 aliphatic heterocycles. The van der Waals surface area contributed by atoms with Gasteiger partial charge in [-0.05, 0) is 19.3 Å². The zero-order valence-corrected chi connectivity index (χ0v) is 7.65. The maximum Gasteiger partial charge on any atom is 0.332 e. The van der Waals surface area contributed by atoms with Crippen molar-refractivity contribution in [2.75, 3.05) is 0 Å². The Hall–Kier alpha value is -1.48. The first kappa shape index (κ1) is 10.6. The van der Waals surface area contributed by atoms with Crippen molar-refractivity contribution >= 4 is 17.8 Å². The largest absolute Gasteiger partial charge is 0.479 e. The van der Waals surface area contributed by atoms with E-state index in [2.05, 4.69) is 4.99 Å². The third kappa shape index (κ3) is 2.06. The van der Waals surface area contributed by atoms with Gasteiger partial charge in [-0.15, -0.1) is 0 Å². The fourth-order valence-electron chi connectivity index (χ4n) is 1.64. The van der Waals surface area contributed by atoms with Crippen LogP contribution in [-0.2, 0) is 14.4 Å². The van der Waals surface area contributed by atoms with Crippen molar-refractivity contribution in [3.05, 3.63) is 0 Å². The molecule has 0 aromatic carbocycles. The molecule has 1 rings (SSSR count). The fraction of sp³-hybridized carbons (Fsp3) is 0.667. The first-order chi connectivity index (χ1) is 6.60. The number of carbonyl (C=O) groups excluding carboxylic acids is 2. The quantitative estimate of drug-likeness (QED) is 0.400. The Labute approximate surface area is 80.8 Å². The molecule has 0 heterocycles. The van der Waals surface area contributed by atoms with Crippen molar-refractivity contribution in [1.82, 2.24) is 0 Å². The summed E-state index contributed by atoms with van der Waals surface area (Å²) in [4.78, 5) is 35.5. The molecule has 76 valence electrons. The first-order valence-corrected chi connectivity index (χ1v) is 4.45. The Morgan fingerprint density at radius 2 is 2.14 bits per heavy atom. The van der Waals surface area contributed by atoms with Gasteiger partial charge in [-0.1, -0.05) is 0 Å². The molecule has 5 heteroatoms. The van der Waals surface area contributed by atoms with Crippen LogP contribution in [0.25, 0.3) is 0 Å². The molecule has 0 aromatic rings. The molecule has 0 radical (unpaired) electrons. The van der Waals surface area contributed by atoms with Crippen LogP contribution in [0.4, 0.5) is 0 Å². The molecule has 0 saturated heterocycles. The van der Waals surface area contributed by atoms with Gasteiger partial charge in [0.25, 0.3) is 0 Å². The Bertz CT molecular complexity index is 302. The van der Waals surface area contributed by atoms with Crippen LogP contribution in [-0.4, -0.2) is 28.5 Å². The lowest BCUT2D eigenvalue weighted by atomic mass is 9.91. The minimum Gasteiger partial charge on any atom is -0.479 e. The third-order valence-corrected chi connectivity index (χ3v) is 2.52. The zero-order valence-electron chi connectivity index (χ0n) is 7.65. The zero-order chi connectivity index (χ0) is 10.6. The van der Waals surface area contributed by atoms with E-state index in [4.69, 9.17) is 5.11 Å². The van der Waals surface area contributed by atoms with E-state index in [1.54, 1.807) is 0 Å². The number of hydrogen-bond donors (Lipinski definition) is 1. The summed E-state index contributed by atoms with van der Waals surface area (Å²) in [6, 6.07) is 0. The summed E-state index contributed by atoms with van der Waals surface area (Å²) < 4.78 is 0. The predicted octanol–water partition coefficient (Wildman–Crippen LogP) is 0.679. The topological polar surface area (TPSA) is 83.8 Å². The molecule has 14 heavy (non-hydrogen) atoms. The summed E-state index contributed by atoms with van der Waals surface area (Å²) in [6.45, 7) is 0. The number of carbonyl (C=O) groups is 2. The second-order valence-electron chi connectivity index (χ2n) is 3.43. The van der Waals surface area contributed by atoms with E-state index < -0.39 is 11.5 Å². The number of carboxylic acid groups (broad SMARTS) is 1. The first-order valence-electron chi connectivity index (χ1n) is 4.45. The van der Waals surface area contributed by atoms with E-state index in [1.807, 2.05) is 0 Å². The highest BCUT2D eigenvalue weighted by molar-refractivity contribution is 5.84. The lowest BCUT2D eigenvalue weighted by Crippen LogP contribution is -2.36. The Balaban J connectivity index is 2.91.